The lowest BCUT2D eigenvalue weighted by Crippen LogP contribution is -2.29. The Bertz CT molecular complexity index is 328. The number of hydrogen-bond donors (Lipinski definition) is 1. The highest BCUT2D eigenvalue weighted by Gasteiger charge is 2.19. The molecule has 1 aliphatic rings. The first kappa shape index (κ1) is 11.7. The summed E-state index contributed by atoms with van der Waals surface area (Å²) >= 11 is 0. The van der Waals surface area contributed by atoms with Gasteiger partial charge >= 0.3 is 0 Å². The highest BCUT2D eigenvalue weighted by atomic mass is 14.9. The predicted octanol–water partition coefficient (Wildman–Crippen LogP) is 3.66. The maximum atomic E-state index is 3.63. The van der Waals surface area contributed by atoms with E-state index in [0.29, 0.717) is 6.04 Å². The predicted molar refractivity (Wildman–Crippen MR) is 69.4 cm³/mol. The molecule has 88 valence electrons. The Morgan fingerprint density at radius 3 is 2.81 bits per heavy atom. The van der Waals surface area contributed by atoms with Crippen LogP contribution in [0.3, 0.4) is 0 Å². The molecule has 1 N–H and O–H groups in total. The van der Waals surface area contributed by atoms with Crippen molar-refractivity contribution < 1.29 is 0 Å². The lowest BCUT2D eigenvalue weighted by atomic mass is 9.81. The summed E-state index contributed by atoms with van der Waals surface area (Å²) < 4.78 is 0. The molecule has 1 nitrogen and oxygen atoms in total. The molecule has 0 spiro atoms. The Morgan fingerprint density at radius 2 is 2.19 bits per heavy atom. The van der Waals surface area contributed by atoms with E-state index >= 15 is 0 Å². The van der Waals surface area contributed by atoms with Gasteiger partial charge in [-0.15, -0.1) is 0 Å². The highest BCUT2D eigenvalue weighted by Crippen LogP contribution is 2.30. The fourth-order valence-electron chi connectivity index (χ4n) is 2.43. The second kappa shape index (κ2) is 5.49. The zero-order valence-corrected chi connectivity index (χ0v) is 10.5. The molecule has 0 radical (unpaired) electrons. The number of nitrogens with one attached hydrogen (secondary N) is 1. The monoisotopic (exact) mass is 217 g/mol. The van der Waals surface area contributed by atoms with Gasteiger partial charge in [-0.25, -0.2) is 0 Å². The van der Waals surface area contributed by atoms with E-state index in [4.69, 9.17) is 0 Å². The van der Waals surface area contributed by atoms with Crippen molar-refractivity contribution >= 4 is 0 Å². The molecule has 1 aliphatic carbocycles. The minimum Gasteiger partial charge on any atom is -0.310 e. The molecule has 1 atom stereocenters. The van der Waals surface area contributed by atoms with E-state index < -0.39 is 0 Å². The van der Waals surface area contributed by atoms with E-state index in [0.717, 1.165) is 12.5 Å². The van der Waals surface area contributed by atoms with E-state index in [1.165, 1.54) is 36.8 Å². The normalized spacial score (nSPS) is 18.1. The first-order valence-electron chi connectivity index (χ1n) is 6.53. The SMILES string of the molecule is Cc1cccc(CNC(C)CC2CCC2)c1. The molecule has 0 amide bonds. The van der Waals surface area contributed by atoms with Crippen molar-refractivity contribution in [1.82, 2.24) is 5.32 Å². The maximum Gasteiger partial charge on any atom is 0.0208 e. The molecular weight excluding hydrogens is 194 g/mol. The fraction of sp³-hybridized carbons (Fsp3) is 0.600. The second-order valence-electron chi connectivity index (χ2n) is 5.30. The number of rotatable bonds is 5. The first-order valence-corrected chi connectivity index (χ1v) is 6.53. The average Bonchev–Trinajstić information content (AvgIpc) is 2.21. The molecule has 0 bridgehead atoms. The Kier molecular flexibility index (Phi) is 4.00. The minimum atomic E-state index is 0.658. The topological polar surface area (TPSA) is 12.0 Å². The zero-order valence-electron chi connectivity index (χ0n) is 10.5. The van der Waals surface area contributed by atoms with E-state index in [-0.39, 0.29) is 0 Å². The van der Waals surface area contributed by atoms with Crippen LogP contribution in [-0.2, 0) is 6.54 Å². The summed E-state index contributed by atoms with van der Waals surface area (Å²) in [6.45, 7) is 5.48. The first-order chi connectivity index (χ1) is 7.74. The van der Waals surface area contributed by atoms with Gasteiger partial charge in [0.25, 0.3) is 0 Å². The zero-order chi connectivity index (χ0) is 11.4. The summed E-state index contributed by atoms with van der Waals surface area (Å²) in [6.07, 6.45) is 5.72. The van der Waals surface area contributed by atoms with Gasteiger partial charge in [0.1, 0.15) is 0 Å². The second-order valence-corrected chi connectivity index (χ2v) is 5.30. The summed E-state index contributed by atoms with van der Waals surface area (Å²) in [4.78, 5) is 0. The molecule has 0 heterocycles. The van der Waals surface area contributed by atoms with Gasteiger partial charge in [0, 0.05) is 12.6 Å². The lowest BCUT2D eigenvalue weighted by molar-refractivity contribution is 0.265. The molecule has 0 saturated heterocycles. The van der Waals surface area contributed by atoms with Crippen molar-refractivity contribution in [1.29, 1.82) is 0 Å². The maximum absolute atomic E-state index is 3.63. The van der Waals surface area contributed by atoms with Crippen molar-refractivity contribution in [3.05, 3.63) is 35.4 Å². The van der Waals surface area contributed by atoms with Gasteiger partial charge in [-0.05, 0) is 31.7 Å². The Hall–Kier alpha value is -0.820. The van der Waals surface area contributed by atoms with Crippen LogP contribution in [0.2, 0.25) is 0 Å². The number of aryl methyl sites for hydroxylation is 1. The Morgan fingerprint density at radius 1 is 1.38 bits per heavy atom. The van der Waals surface area contributed by atoms with E-state index in [1.54, 1.807) is 0 Å². The third-order valence-electron chi connectivity index (χ3n) is 3.65. The number of benzene rings is 1. The molecule has 1 saturated carbocycles. The minimum absolute atomic E-state index is 0.658. The third-order valence-corrected chi connectivity index (χ3v) is 3.65. The standard InChI is InChI=1S/C15H23N/c1-12-5-3-8-15(9-12)11-16-13(2)10-14-6-4-7-14/h3,5,8-9,13-14,16H,4,6-7,10-11H2,1-2H3. The van der Waals surface area contributed by atoms with Gasteiger partial charge in [0.15, 0.2) is 0 Å². The molecule has 0 aromatic heterocycles. The van der Waals surface area contributed by atoms with Crippen LogP contribution in [0.5, 0.6) is 0 Å². The van der Waals surface area contributed by atoms with E-state index in [2.05, 4.69) is 43.4 Å². The summed E-state index contributed by atoms with van der Waals surface area (Å²) in [5.74, 6) is 1.00. The van der Waals surface area contributed by atoms with E-state index in [9.17, 15) is 0 Å². The van der Waals surface area contributed by atoms with Crippen molar-refractivity contribution in [3.63, 3.8) is 0 Å². The van der Waals surface area contributed by atoms with Crippen LogP contribution in [0.25, 0.3) is 0 Å². The molecule has 1 heteroatoms. The molecule has 2 rings (SSSR count). The molecule has 16 heavy (non-hydrogen) atoms. The molecule has 0 aliphatic heterocycles. The van der Waals surface area contributed by atoms with Gasteiger partial charge < -0.3 is 5.32 Å². The summed E-state index contributed by atoms with van der Waals surface area (Å²) in [5, 5.41) is 3.63. The molecule has 1 aromatic rings. The van der Waals surface area contributed by atoms with Crippen LogP contribution >= 0.6 is 0 Å². The van der Waals surface area contributed by atoms with Crippen LogP contribution in [0.1, 0.15) is 43.7 Å². The van der Waals surface area contributed by atoms with Gasteiger partial charge in [-0.2, -0.15) is 0 Å². The lowest BCUT2D eigenvalue weighted by Gasteiger charge is -2.28. The van der Waals surface area contributed by atoms with Crippen molar-refractivity contribution in [2.75, 3.05) is 0 Å². The van der Waals surface area contributed by atoms with Gasteiger partial charge in [0.2, 0.25) is 0 Å². The van der Waals surface area contributed by atoms with Crippen molar-refractivity contribution in [2.24, 2.45) is 5.92 Å². The molecular formula is C15H23N. The van der Waals surface area contributed by atoms with Crippen molar-refractivity contribution in [3.8, 4) is 0 Å². The van der Waals surface area contributed by atoms with Gasteiger partial charge in [-0.1, -0.05) is 49.1 Å². The average molecular weight is 217 g/mol. The van der Waals surface area contributed by atoms with Crippen LogP contribution in [0, 0.1) is 12.8 Å². The highest BCUT2D eigenvalue weighted by molar-refractivity contribution is 5.21. The van der Waals surface area contributed by atoms with Crippen LogP contribution in [-0.4, -0.2) is 6.04 Å². The quantitative estimate of drug-likeness (QED) is 0.793. The van der Waals surface area contributed by atoms with Gasteiger partial charge in [-0.3, -0.25) is 0 Å². The van der Waals surface area contributed by atoms with Crippen LogP contribution in [0.4, 0.5) is 0 Å². The smallest absolute Gasteiger partial charge is 0.0208 e. The molecule has 1 unspecified atom stereocenters. The Labute approximate surface area is 99.3 Å². The van der Waals surface area contributed by atoms with E-state index in [1.807, 2.05) is 0 Å². The molecule has 1 fully saturated rings. The van der Waals surface area contributed by atoms with Crippen LogP contribution in [0.15, 0.2) is 24.3 Å². The summed E-state index contributed by atoms with van der Waals surface area (Å²) in [6, 6.07) is 9.43. The van der Waals surface area contributed by atoms with Crippen molar-refractivity contribution in [2.45, 2.75) is 52.1 Å². The summed E-state index contributed by atoms with van der Waals surface area (Å²) in [7, 11) is 0. The molecule has 1 aromatic carbocycles. The third kappa shape index (κ3) is 3.34. The summed E-state index contributed by atoms with van der Waals surface area (Å²) in [5.41, 5.74) is 2.76. The largest absolute Gasteiger partial charge is 0.310 e. The fourth-order valence-corrected chi connectivity index (χ4v) is 2.43. The number of hydrogen-bond acceptors (Lipinski definition) is 1. The van der Waals surface area contributed by atoms with Crippen LogP contribution < -0.4 is 5.32 Å². The van der Waals surface area contributed by atoms with Gasteiger partial charge in [0.05, 0.1) is 0 Å². The Balaban J connectivity index is 1.73.